The largest absolute Gasteiger partial charge is 0.393 e. The molecule has 118 valence electrons. The van der Waals surface area contributed by atoms with Crippen molar-refractivity contribution in [1.82, 2.24) is 8.61 Å². The summed E-state index contributed by atoms with van der Waals surface area (Å²) in [7, 11) is -3.32. The number of piperidine rings is 2. The van der Waals surface area contributed by atoms with Gasteiger partial charge in [0, 0.05) is 26.2 Å². The Morgan fingerprint density at radius 1 is 0.900 bits per heavy atom. The number of aliphatic hydroxyl groups excluding tert-OH is 1. The van der Waals surface area contributed by atoms with E-state index >= 15 is 0 Å². The second-order valence-corrected chi connectivity index (χ2v) is 9.11. The highest BCUT2D eigenvalue weighted by Gasteiger charge is 2.37. The Bertz CT molecular complexity index is 414. The third-order valence-corrected chi connectivity index (χ3v) is 6.79. The Labute approximate surface area is 123 Å². The molecule has 0 spiro atoms. The average molecular weight is 304 g/mol. The molecule has 0 unspecified atom stereocenters. The first-order valence-corrected chi connectivity index (χ1v) is 9.04. The molecule has 20 heavy (non-hydrogen) atoms. The first kappa shape index (κ1) is 16.2. The number of aliphatic hydroxyl groups is 1. The van der Waals surface area contributed by atoms with Gasteiger partial charge in [-0.25, -0.2) is 0 Å². The van der Waals surface area contributed by atoms with E-state index < -0.39 is 10.2 Å². The van der Waals surface area contributed by atoms with E-state index in [-0.39, 0.29) is 11.5 Å². The van der Waals surface area contributed by atoms with Crippen molar-refractivity contribution in [2.45, 2.75) is 52.6 Å². The van der Waals surface area contributed by atoms with Gasteiger partial charge in [-0.05, 0) is 37.0 Å². The van der Waals surface area contributed by atoms with Crippen LogP contribution in [0, 0.1) is 11.3 Å². The van der Waals surface area contributed by atoms with Crippen molar-refractivity contribution in [2.75, 3.05) is 26.2 Å². The fourth-order valence-corrected chi connectivity index (χ4v) is 4.86. The van der Waals surface area contributed by atoms with E-state index in [9.17, 15) is 13.5 Å². The van der Waals surface area contributed by atoms with Gasteiger partial charge in [0.15, 0.2) is 0 Å². The summed E-state index contributed by atoms with van der Waals surface area (Å²) in [6.07, 6.45) is 2.65. The van der Waals surface area contributed by atoms with E-state index in [0.29, 0.717) is 44.9 Å². The molecule has 0 aromatic heterocycles. The third-order valence-electron chi connectivity index (χ3n) is 4.75. The minimum atomic E-state index is -3.32. The van der Waals surface area contributed by atoms with Crippen LogP contribution in [-0.4, -0.2) is 54.4 Å². The van der Waals surface area contributed by atoms with E-state index in [1.165, 1.54) is 4.31 Å². The van der Waals surface area contributed by atoms with Crippen molar-refractivity contribution in [3.05, 3.63) is 0 Å². The van der Waals surface area contributed by atoms with Crippen molar-refractivity contribution in [1.29, 1.82) is 0 Å². The molecule has 5 nitrogen and oxygen atoms in total. The molecule has 2 heterocycles. The van der Waals surface area contributed by atoms with Gasteiger partial charge in [-0.1, -0.05) is 20.8 Å². The molecule has 6 heteroatoms. The van der Waals surface area contributed by atoms with Crippen LogP contribution < -0.4 is 0 Å². The van der Waals surface area contributed by atoms with Gasteiger partial charge in [0.25, 0.3) is 10.2 Å². The van der Waals surface area contributed by atoms with Gasteiger partial charge < -0.3 is 5.11 Å². The highest BCUT2D eigenvalue weighted by atomic mass is 32.2. The summed E-state index contributed by atoms with van der Waals surface area (Å²) in [5.74, 6) is 0.595. The lowest BCUT2D eigenvalue weighted by Gasteiger charge is -2.40. The Morgan fingerprint density at radius 3 is 1.70 bits per heavy atom. The van der Waals surface area contributed by atoms with E-state index in [1.54, 1.807) is 4.31 Å². The Hall–Kier alpha value is -0.170. The first-order chi connectivity index (χ1) is 9.21. The van der Waals surface area contributed by atoms with Gasteiger partial charge in [0.05, 0.1) is 6.10 Å². The van der Waals surface area contributed by atoms with Crippen LogP contribution in [0.2, 0.25) is 0 Å². The smallest absolute Gasteiger partial charge is 0.281 e. The second kappa shape index (κ2) is 5.91. The molecule has 1 N–H and O–H groups in total. The van der Waals surface area contributed by atoms with Crippen molar-refractivity contribution in [3.8, 4) is 0 Å². The Morgan fingerprint density at radius 2 is 1.30 bits per heavy atom. The van der Waals surface area contributed by atoms with Crippen LogP contribution in [-0.2, 0) is 10.2 Å². The highest BCUT2D eigenvalue weighted by molar-refractivity contribution is 7.86. The van der Waals surface area contributed by atoms with Gasteiger partial charge >= 0.3 is 0 Å². The molecule has 2 fully saturated rings. The predicted octanol–water partition coefficient (Wildman–Crippen LogP) is 1.45. The van der Waals surface area contributed by atoms with Crippen LogP contribution >= 0.6 is 0 Å². The molecule has 0 aliphatic carbocycles. The summed E-state index contributed by atoms with van der Waals surface area (Å²) < 4.78 is 28.3. The minimum Gasteiger partial charge on any atom is -0.393 e. The molecule has 2 aliphatic heterocycles. The van der Waals surface area contributed by atoms with E-state index in [1.807, 2.05) is 0 Å². The molecule has 0 aromatic carbocycles. The summed E-state index contributed by atoms with van der Waals surface area (Å²) in [4.78, 5) is 0. The van der Waals surface area contributed by atoms with Crippen LogP contribution in [0.1, 0.15) is 46.5 Å². The van der Waals surface area contributed by atoms with Gasteiger partial charge in [0.2, 0.25) is 0 Å². The molecule has 2 saturated heterocycles. The highest BCUT2D eigenvalue weighted by Crippen LogP contribution is 2.35. The lowest BCUT2D eigenvalue weighted by atomic mass is 9.76. The molecule has 0 radical (unpaired) electrons. The van der Waals surface area contributed by atoms with Crippen LogP contribution in [0.5, 0.6) is 0 Å². The van der Waals surface area contributed by atoms with E-state index in [0.717, 1.165) is 12.8 Å². The third kappa shape index (κ3) is 3.53. The van der Waals surface area contributed by atoms with Crippen LogP contribution in [0.3, 0.4) is 0 Å². The maximum absolute atomic E-state index is 12.6. The standard InChI is InChI=1S/C14H28N2O3S/c1-14(2,3)12-4-8-15(9-5-12)20(18,19)16-10-6-13(17)7-11-16/h12-13,17H,4-11H2,1-3H3. The summed E-state index contributed by atoms with van der Waals surface area (Å²) in [5.41, 5.74) is 0.255. The summed E-state index contributed by atoms with van der Waals surface area (Å²) in [6.45, 7) is 8.84. The lowest BCUT2D eigenvalue weighted by molar-refractivity contribution is 0.106. The quantitative estimate of drug-likeness (QED) is 0.840. The summed E-state index contributed by atoms with van der Waals surface area (Å²) in [5, 5.41) is 9.49. The second-order valence-electron chi connectivity index (χ2n) is 7.18. The van der Waals surface area contributed by atoms with Gasteiger partial charge in [-0.2, -0.15) is 17.0 Å². The maximum atomic E-state index is 12.6. The molecular weight excluding hydrogens is 276 g/mol. The molecular formula is C14H28N2O3S. The lowest BCUT2D eigenvalue weighted by Crippen LogP contribution is -2.50. The fraction of sp³-hybridized carbons (Fsp3) is 1.00. The molecule has 0 amide bonds. The molecule has 2 rings (SSSR count). The number of nitrogens with zero attached hydrogens (tertiary/aromatic N) is 2. The van der Waals surface area contributed by atoms with Crippen LogP contribution in [0.15, 0.2) is 0 Å². The fourth-order valence-electron chi connectivity index (χ4n) is 3.19. The van der Waals surface area contributed by atoms with E-state index in [2.05, 4.69) is 20.8 Å². The van der Waals surface area contributed by atoms with Gasteiger partial charge in [-0.3, -0.25) is 0 Å². The number of hydrogen-bond acceptors (Lipinski definition) is 3. The number of rotatable bonds is 2. The monoisotopic (exact) mass is 304 g/mol. The van der Waals surface area contributed by atoms with Crippen molar-refractivity contribution in [3.63, 3.8) is 0 Å². The molecule has 0 aromatic rings. The zero-order valence-corrected chi connectivity index (χ0v) is 13.7. The van der Waals surface area contributed by atoms with Gasteiger partial charge in [-0.15, -0.1) is 0 Å². The molecule has 2 aliphatic rings. The SMILES string of the molecule is CC(C)(C)C1CCN(S(=O)(=O)N2CCC(O)CC2)CC1. The van der Waals surface area contributed by atoms with Crippen molar-refractivity contribution < 1.29 is 13.5 Å². The maximum Gasteiger partial charge on any atom is 0.281 e. The van der Waals surface area contributed by atoms with Crippen LogP contribution in [0.25, 0.3) is 0 Å². The van der Waals surface area contributed by atoms with Crippen LogP contribution in [0.4, 0.5) is 0 Å². The van der Waals surface area contributed by atoms with Crippen molar-refractivity contribution in [2.24, 2.45) is 11.3 Å². The summed E-state index contributed by atoms with van der Waals surface area (Å²) in [6, 6.07) is 0. The minimum absolute atomic E-state index is 0.255. The average Bonchev–Trinajstić information content (AvgIpc) is 2.38. The Balaban J connectivity index is 1.95. The van der Waals surface area contributed by atoms with E-state index in [4.69, 9.17) is 0 Å². The molecule has 0 saturated carbocycles. The molecule has 0 atom stereocenters. The van der Waals surface area contributed by atoms with Gasteiger partial charge in [0.1, 0.15) is 0 Å². The predicted molar refractivity (Wildman–Crippen MR) is 79.5 cm³/mol. The Kier molecular flexibility index (Phi) is 4.79. The molecule has 0 bridgehead atoms. The zero-order chi connectivity index (χ0) is 15.0. The number of hydrogen-bond donors (Lipinski definition) is 1. The zero-order valence-electron chi connectivity index (χ0n) is 12.9. The topological polar surface area (TPSA) is 60.9 Å². The van der Waals surface area contributed by atoms with Crippen molar-refractivity contribution >= 4 is 10.2 Å². The first-order valence-electron chi connectivity index (χ1n) is 7.64. The normalized spacial score (nSPS) is 26.0. The summed E-state index contributed by atoms with van der Waals surface area (Å²) >= 11 is 0.